The number of hydrogen-bond acceptors (Lipinski definition) is 3. The minimum Gasteiger partial charge on any atom is -0.459 e. The lowest BCUT2D eigenvalue weighted by molar-refractivity contribution is 0.0892. The SMILES string of the molecule is Cc1ccoc1C(=O)NC1CCCCC1N. The van der Waals surface area contributed by atoms with Crippen LogP contribution in [-0.2, 0) is 0 Å². The van der Waals surface area contributed by atoms with Crippen LogP contribution in [0.5, 0.6) is 0 Å². The van der Waals surface area contributed by atoms with Gasteiger partial charge in [-0.15, -0.1) is 0 Å². The fourth-order valence-electron chi connectivity index (χ4n) is 2.18. The maximum atomic E-state index is 11.9. The van der Waals surface area contributed by atoms with Gasteiger partial charge < -0.3 is 15.5 Å². The van der Waals surface area contributed by atoms with Gasteiger partial charge in [0, 0.05) is 17.6 Å². The van der Waals surface area contributed by atoms with Crippen molar-refractivity contribution < 1.29 is 9.21 Å². The van der Waals surface area contributed by atoms with E-state index >= 15 is 0 Å². The summed E-state index contributed by atoms with van der Waals surface area (Å²) in [6.07, 6.45) is 5.78. The second kappa shape index (κ2) is 4.70. The number of carbonyl (C=O) groups excluding carboxylic acids is 1. The molecule has 0 aliphatic heterocycles. The Kier molecular flexibility index (Phi) is 3.29. The third kappa shape index (κ3) is 2.27. The fourth-order valence-corrected chi connectivity index (χ4v) is 2.18. The summed E-state index contributed by atoms with van der Waals surface area (Å²) in [6, 6.07) is 1.95. The second-order valence-electron chi connectivity index (χ2n) is 4.46. The van der Waals surface area contributed by atoms with Crippen molar-refractivity contribution in [3.05, 3.63) is 23.7 Å². The Labute approximate surface area is 95.2 Å². The van der Waals surface area contributed by atoms with E-state index in [1.165, 1.54) is 6.26 Å². The molecule has 2 atom stereocenters. The van der Waals surface area contributed by atoms with Crippen LogP contribution in [0, 0.1) is 6.92 Å². The summed E-state index contributed by atoms with van der Waals surface area (Å²) < 4.78 is 5.15. The van der Waals surface area contributed by atoms with Crippen LogP contribution in [0.1, 0.15) is 41.8 Å². The molecule has 4 nitrogen and oxygen atoms in total. The Bertz CT molecular complexity index is 373. The molecule has 1 saturated carbocycles. The van der Waals surface area contributed by atoms with Crippen molar-refractivity contribution in [2.45, 2.75) is 44.7 Å². The van der Waals surface area contributed by atoms with Crippen molar-refractivity contribution in [1.82, 2.24) is 5.32 Å². The number of furan rings is 1. The molecular formula is C12H18N2O2. The highest BCUT2D eigenvalue weighted by atomic mass is 16.3. The van der Waals surface area contributed by atoms with E-state index < -0.39 is 0 Å². The predicted octanol–water partition coefficient (Wildman–Crippen LogP) is 1.59. The highest BCUT2D eigenvalue weighted by molar-refractivity contribution is 5.93. The maximum absolute atomic E-state index is 11.9. The number of nitrogens with two attached hydrogens (primary N) is 1. The van der Waals surface area contributed by atoms with Crippen molar-refractivity contribution in [3.8, 4) is 0 Å². The molecule has 1 aliphatic carbocycles. The topological polar surface area (TPSA) is 68.3 Å². The first-order valence-corrected chi connectivity index (χ1v) is 5.79. The normalized spacial score (nSPS) is 25.4. The molecule has 1 amide bonds. The largest absolute Gasteiger partial charge is 0.459 e. The van der Waals surface area contributed by atoms with Gasteiger partial charge in [-0.1, -0.05) is 12.8 Å². The first-order chi connectivity index (χ1) is 7.68. The van der Waals surface area contributed by atoms with Gasteiger partial charge in [-0.2, -0.15) is 0 Å². The van der Waals surface area contributed by atoms with Crippen molar-refractivity contribution in [2.24, 2.45) is 5.73 Å². The lowest BCUT2D eigenvalue weighted by Gasteiger charge is -2.28. The summed E-state index contributed by atoms with van der Waals surface area (Å²) in [7, 11) is 0. The van der Waals surface area contributed by atoms with Gasteiger partial charge in [0.1, 0.15) is 0 Å². The van der Waals surface area contributed by atoms with E-state index in [0.29, 0.717) is 5.76 Å². The van der Waals surface area contributed by atoms with E-state index in [1.54, 1.807) is 6.07 Å². The smallest absolute Gasteiger partial charge is 0.287 e. The number of hydrogen-bond donors (Lipinski definition) is 2. The van der Waals surface area contributed by atoms with E-state index in [0.717, 1.165) is 31.2 Å². The molecular weight excluding hydrogens is 204 g/mol. The van der Waals surface area contributed by atoms with Gasteiger partial charge in [0.2, 0.25) is 0 Å². The Morgan fingerprint density at radius 3 is 2.88 bits per heavy atom. The van der Waals surface area contributed by atoms with E-state index in [2.05, 4.69) is 5.32 Å². The number of amides is 1. The average Bonchev–Trinajstić information content (AvgIpc) is 2.68. The lowest BCUT2D eigenvalue weighted by Crippen LogP contribution is -2.49. The molecule has 4 heteroatoms. The number of nitrogens with one attached hydrogen (secondary N) is 1. The number of rotatable bonds is 2. The molecule has 1 aromatic heterocycles. The van der Waals surface area contributed by atoms with Gasteiger partial charge in [0.15, 0.2) is 5.76 Å². The predicted molar refractivity (Wildman–Crippen MR) is 61.1 cm³/mol. The first kappa shape index (κ1) is 11.2. The molecule has 0 bridgehead atoms. The molecule has 2 rings (SSSR count). The van der Waals surface area contributed by atoms with Crippen LogP contribution in [0.4, 0.5) is 0 Å². The van der Waals surface area contributed by atoms with E-state index in [-0.39, 0.29) is 18.0 Å². The van der Waals surface area contributed by atoms with Gasteiger partial charge in [-0.25, -0.2) is 0 Å². The molecule has 3 N–H and O–H groups in total. The highest BCUT2D eigenvalue weighted by Gasteiger charge is 2.25. The molecule has 1 heterocycles. The zero-order valence-corrected chi connectivity index (χ0v) is 9.53. The average molecular weight is 222 g/mol. The van der Waals surface area contributed by atoms with E-state index in [1.807, 2.05) is 6.92 Å². The third-order valence-electron chi connectivity index (χ3n) is 3.20. The van der Waals surface area contributed by atoms with Gasteiger partial charge >= 0.3 is 0 Å². The highest BCUT2D eigenvalue weighted by Crippen LogP contribution is 2.18. The number of aryl methyl sites for hydroxylation is 1. The summed E-state index contributed by atoms with van der Waals surface area (Å²) in [5.41, 5.74) is 6.84. The van der Waals surface area contributed by atoms with E-state index in [4.69, 9.17) is 10.2 Å². The minimum absolute atomic E-state index is 0.0768. The summed E-state index contributed by atoms with van der Waals surface area (Å²) in [6.45, 7) is 1.86. The monoisotopic (exact) mass is 222 g/mol. The minimum atomic E-state index is -0.148. The second-order valence-corrected chi connectivity index (χ2v) is 4.46. The zero-order chi connectivity index (χ0) is 11.5. The standard InChI is InChI=1S/C12H18N2O2/c1-8-6-7-16-11(8)12(15)14-10-5-3-2-4-9(10)13/h6-7,9-10H,2-5,13H2,1H3,(H,14,15). The fraction of sp³-hybridized carbons (Fsp3) is 0.583. The molecule has 88 valence electrons. The molecule has 16 heavy (non-hydrogen) atoms. The first-order valence-electron chi connectivity index (χ1n) is 5.79. The van der Waals surface area contributed by atoms with Crippen molar-refractivity contribution in [2.75, 3.05) is 0 Å². The summed E-state index contributed by atoms with van der Waals surface area (Å²) >= 11 is 0. The summed E-state index contributed by atoms with van der Waals surface area (Å²) in [5.74, 6) is 0.252. The van der Waals surface area contributed by atoms with Crippen molar-refractivity contribution >= 4 is 5.91 Å². The lowest BCUT2D eigenvalue weighted by atomic mass is 9.91. The van der Waals surface area contributed by atoms with Crippen molar-refractivity contribution in [3.63, 3.8) is 0 Å². The van der Waals surface area contributed by atoms with Crippen LogP contribution in [-0.4, -0.2) is 18.0 Å². The molecule has 1 aromatic rings. The Balaban J connectivity index is 1.99. The molecule has 0 radical (unpaired) electrons. The Hall–Kier alpha value is -1.29. The molecule has 0 spiro atoms. The maximum Gasteiger partial charge on any atom is 0.287 e. The van der Waals surface area contributed by atoms with Crippen LogP contribution in [0.15, 0.2) is 16.7 Å². The molecule has 0 aromatic carbocycles. The van der Waals surface area contributed by atoms with Crippen LogP contribution in [0.3, 0.4) is 0 Å². The van der Waals surface area contributed by atoms with Crippen LogP contribution >= 0.6 is 0 Å². The Morgan fingerprint density at radius 2 is 2.25 bits per heavy atom. The van der Waals surface area contributed by atoms with Gasteiger partial charge in [0.05, 0.1) is 6.26 Å². The molecule has 0 saturated heterocycles. The quantitative estimate of drug-likeness (QED) is 0.798. The van der Waals surface area contributed by atoms with Gasteiger partial charge in [-0.05, 0) is 25.8 Å². The van der Waals surface area contributed by atoms with Gasteiger partial charge in [-0.3, -0.25) is 4.79 Å². The van der Waals surface area contributed by atoms with E-state index in [9.17, 15) is 4.79 Å². The molecule has 1 fully saturated rings. The van der Waals surface area contributed by atoms with Crippen LogP contribution in [0.25, 0.3) is 0 Å². The zero-order valence-electron chi connectivity index (χ0n) is 9.53. The number of carbonyl (C=O) groups is 1. The van der Waals surface area contributed by atoms with Gasteiger partial charge in [0.25, 0.3) is 5.91 Å². The summed E-state index contributed by atoms with van der Waals surface area (Å²) in [4.78, 5) is 11.9. The van der Waals surface area contributed by atoms with Crippen LogP contribution < -0.4 is 11.1 Å². The van der Waals surface area contributed by atoms with Crippen molar-refractivity contribution in [1.29, 1.82) is 0 Å². The Morgan fingerprint density at radius 1 is 1.50 bits per heavy atom. The van der Waals surface area contributed by atoms with Crippen LogP contribution in [0.2, 0.25) is 0 Å². The summed E-state index contributed by atoms with van der Waals surface area (Å²) in [5, 5.41) is 2.95. The third-order valence-corrected chi connectivity index (χ3v) is 3.20. The molecule has 2 unspecified atom stereocenters. The molecule has 1 aliphatic rings.